The van der Waals surface area contributed by atoms with Gasteiger partial charge in [0.2, 0.25) is 5.95 Å². The first-order chi connectivity index (χ1) is 16.8. The van der Waals surface area contributed by atoms with Crippen molar-refractivity contribution >= 4 is 17.5 Å². The van der Waals surface area contributed by atoms with Crippen molar-refractivity contribution in [3.05, 3.63) is 52.8 Å². The molecule has 11 heteroatoms. The first-order valence-electron chi connectivity index (χ1n) is 11.6. The van der Waals surface area contributed by atoms with Crippen LogP contribution in [0.4, 0.5) is 14.7 Å². The number of alkyl halides is 2. The van der Waals surface area contributed by atoms with Crippen molar-refractivity contribution in [3.63, 3.8) is 0 Å². The number of rotatable bonds is 9. The predicted octanol–water partition coefficient (Wildman–Crippen LogP) is 3.97. The zero-order valence-electron chi connectivity index (χ0n) is 19.9. The van der Waals surface area contributed by atoms with Gasteiger partial charge in [-0.2, -0.15) is 13.9 Å². The van der Waals surface area contributed by atoms with Crippen molar-refractivity contribution in [1.29, 1.82) is 0 Å². The summed E-state index contributed by atoms with van der Waals surface area (Å²) in [6.45, 7) is 0.691. The topological polar surface area (TPSA) is 85.3 Å². The lowest BCUT2D eigenvalue weighted by molar-refractivity contribution is 0.0567. The van der Waals surface area contributed by atoms with E-state index in [-0.39, 0.29) is 22.5 Å². The van der Waals surface area contributed by atoms with Gasteiger partial charge in [0.15, 0.2) is 0 Å². The van der Waals surface area contributed by atoms with Crippen LogP contribution in [0.3, 0.4) is 0 Å². The van der Waals surface area contributed by atoms with Crippen molar-refractivity contribution in [2.24, 2.45) is 0 Å². The Morgan fingerprint density at radius 1 is 1.17 bits per heavy atom. The normalized spacial score (nSPS) is 15.3. The van der Waals surface area contributed by atoms with Crippen LogP contribution in [0, 0.1) is 0 Å². The molecule has 3 aromatic rings. The summed E-state index contributed by atoms with van der Waals surface area (Å²) >= 11 is 6.01. The molecule has 0 bridgehead atoms. The van der Waals surface area contributed by atoms with E-state index in [1.54, 1.807) is 0 Å². The highest BCUT2D eigenvalue weighted by Crippen LogP contribution is 2.29. The molecular weight excluding hydrogens is 476 g/mol. The largest absolute Gasteiger partial charge is 0.492 e. The van der Waals surface area contributed by atoms with Gasteiger partial charge in [0, 0.05) is 36.8 Å². The Labute approximate surface area is 208 Å². The molecule has 1 fully saturated rings. The average molecular weight is 506 g/mol. The Morgan fingerprint density at radius 2 is 1.91 bits per heavy atom. The number of ether oxygens (including phenoxy) is 1. The number of halogens is 3. The molecule has 0 saturated carbocycles. The van der Waals surface area contributed by atoms with Crippen molar-refractivity contribution in [2.75, 3.05) is 46.1 Å². The number of para-hydroxylation sites is 1. The first kappa shape index (κ1) is 25.3. The maximum Gasteiger partial charge on any atom is 0.333 e. The number of likely N-dealkylation sites (tertiary alicyclic amines) is 1. The lowest BCUT2D eigenvalue weighted by atomic mass is 10.0. The summed E-state index contributed by atoms with van der Waals surface area (Å²) in [5.74, 6) is 0.662. The van der Waals surface area contributed by atoms with Crippen molar-refractivity contribution in [1.82, 2.24) is 29.5 Å². The maximum absolute atomic E-state index is 13.4. The van der Waals surface area contributed by atoms with E-state index in [0.717, 1.165) is 38.0 Å². The van der Waals surface area contributed by atoms with Crippen LogP contribution < -0.4 is 10.5 Å². The fraction of sp³-hybridized carbons (Fsp3) is 0.458. The van der Waals surface area contributed by atoms with Crippen molar-refractivity contribution in [2.45, 2.75) is 31.9 Å². The molecule has 3 heterocycles. The first-order valence-corrected chi connectivity index (χ1v) is 11.9. The third-order valence-corrected chi connectivity index (χ3v) is 6.46. The molecule has 1 aromatic carbocycles. The Kier molecular flexibility index (Phi) is 8.15. The minimum Gasteiger partial charge on any atom is -0.492 e. The lowest BCUT2D eigenvalue weighted by Gasteiger charge is -2.35. The quantitative estimate of drug-likeness (QED) is 0.440. The average Bonchev–Trinajstić information content (AvgIpc) is 3.24. The minimum atomic E-state index is -2.79. The van der Waals surface area contributed by atoms with Gasteiger partial charge in [0.05, 0.1) is 5.69 Å². The van der Waals surface area contributed by atoms with Crippen LogP contribution in [0.25, 0.3) is 11.4 Å². The van der Waals surface area contributed by atoms with Crippen molar-refractivity contribution < 1.29 is 13.5 Å². The zero-order valence-corrected chi connectivity index (χ0v) is 20.6. The molecule has 0 aliphatic carbocycles. The molecule has 0 radical (unpaired) electrons. The molecule has 0 unspecified atom stereocenters. The molecule has 2 aromatic heterocycles. The van der Waals surface area contributed by atoms with Gasteiger partial charge in [-0.1, -0.05) is 29.8 Å². The monoisotopic (exact) mass is 505 g/mol. The van der Waals surface area contributed by atoms with E-state index in [1.165, 1.54) is 12.3 Å². The van der Waals surface area contributed by atoms with E-state index in [1.807, 2.05) is 24.3 Å². The molecule has 4 rings (SSSR count). The molecule has 2 N–H and O–H groups in total. The van der Waals surface area contributed by atoms with Gasteiger partial charge in [-0.15, -0.1) is 0 Å². The van der Waals surface area contributed by atoms with E-state index >= 15 is 0 Å². The van der Waals surface area contributed by atoms with E-state index in [2.05, 4.69) is 39.0 Å². The summed E-state index contributed by atoms with van der Waals surface area (Å²) in [6, 6.07) is 9.70. The molecule has 1 aliphatic heterocycles. The zero-order chi connectivity index (χ0) is 24.9. The highest BCUT2D eigenvalue weighted by atomic mass is 35.5. The number of nitrogens with zero attached hydrogens (tertiary/aromatic N) is 6. The van der Waals surface area contributed by atoms with Crippen LogP contribution in [0.1, 0.15) is 30.5 Å². The van der Waals surface area contributed by atoms with Crippen molar-refractivity contribution in [3.8, 4) is 17.1 Å². The molecule has 8 nitrogen and oxygen atoms in total. The Balaban J connectivity index is 1.47. The summed E-state index contributed by atoms with van der Waals surface area (Å²) in [6.07, 6.45) is 3.95. The summed E-state index contributed by atoms with van der Waals surface area (Å²) in [5, 5.41) is 4.16. The smallest absolute Gasteiger partial charge is 0.333 e. The number of hydrogen-bond acceptors (Lipinski definition) is 7. The number of hydrogen-bond donors (Lipinski definition) is 1. The standard InChI is InChI=1S/C24H30ClF2N7O/c1-32(2)18-7-9-33(10-8-18)11-12-35-20-6-4-3-5-16(20)13-17-15-34(23(26)27)31-22(17)19-14-21(25)30-24(28)29-19/h3-6,14-15,18,23H,7-13H2,1-2H3,(H2,28,29,30). The summed E-state index contributed by atoms with van der Waals surface area (Å²) in [5.41, 5.74) is 7.70. The van der Waals surface area contributed by atoms with Crippen LogP contribution in [0.15, 0.2) is 36.5 Å². The lowest BCUT2D eigenvalue weighted by Crippen LogP contribution is -2.43. The summed E-state index contributed by atoms with van der Waals surface area (Å²) in [4.78, 5) is 12.7. The Bertz CT molecular complexity index is 1110. The number of anilines is 1. The fourth-order valence-electron chi connectivity index (χ4n) is 4.37. The maximum atomic E-state index is 13.4. The Morgan fingerprint density at radius 3 is 2.60 bits per heavy atom. The highest BCUT2D eigenvalue weighted by Gasteiger charge is 2.21. The third kappa shape index (κ3) is 6.45. The molecule has 0 amide bonds. The molecule has 0 spiro atoms. The van der Waals surface area contributed by atoms with Crippen LogP contribution in [0.5, 0.6) is 5.75 Å². The van der Waals surface area contributed by atoms with Gasteiger partial charge in [-0.25, -0.2) is 14.6 Å². The van der Waals surface area contributed by atoms with Gasteiger partial charge >= 0.3 is 6.55 Å². The second-order valence-electron chi connectivity index (χ2n) is 8.86. The Hall–Kier alpha value is -2.82. The van der Waals surface area contributed by atoms with Gasteiger partial charge < -0.3 is 15.4 Å². The predicted molar refractivity (Wildman–Crippen MR) is 132 cm³/mol. The second kappa shape index (κ2) is 11.3. The van der Waals surface area contributed by atoms with E-state index in [4.69, 9.17) is 22.1 Å². The van der Waals surface area contributed by atoms with Crippen LogP contribution in [-0.2, 0) is 6.42 Å². The number of benzene rings is 1. The fourth-order valence-corrected chi connectivity index (χ4v) is 4.56. The van der Waals surface area contributed by atoms with Crippen LogP contribution >= 0.6 is 11.6 Å². The number of piperidine rings is 1. The third-order valence-electron chi connectivity index (χ3n) is 6.27. The van der Waals surface area contributed by atoms with Gasteiger partial charge in [0.1, 0.15) is 23.2 Å². The van der Waals surface area contributed by atoms with Gasteiger partial charge in [-0.3, -0.25) is 4.90 Å². The molecule has 1 saturated heterocycles. The summed E-state index contributed by atoms with van der Waals surface area (Å²) < 4.78 is 33.6. The number of nitrogens with two attached hydrogens (primary N) is 1. The van der Waals surface area contributed by atoms with E-state index in [0.29, 0.717) is 35.1 Å². The van der Waals surface area contributed by atoms with E-state index < -0.39 is 6.55 Å². The van der Waals surface area contributed by atoms with Gasteiger partial charge in [-0.05, 0) is 51.7 Å². The SMILES string of the molecule is CN(C)C1CCN(CCOc2ccccc2Cc2cn(C(F)F)nc2-c2cc(Cl)nc(N)n2)CC1. The molecule has 1 aliphatic rings. The van der Waals surface area contributed by atoms with Crippen LogP contribution in [-0.4, -0.2) is 75.9 Å². The number of nitrogen functional groups attached to an aromatic ring is 1. The van der Waals surface area contributed by atoms with E-state index in [9.17, 15) is 8.78 Å². The highest BCUT2D eigenvalue weighted by molar-refractivity contribution is 6.29. The number of aromatic nitrogens is 4. The van der Waals surface area contributed by atoms with Crippen LogP contribution in [0.2, 0.25) is 5.15 Å². The second-order valence-corrected chi connectivity index (χ2v) is 9.25. The van der Waals surface area contributed by atoms with Gasteiger partial charge in [0.25, 0.3) is 0 Å². The minimum absolute atomic E-state index is 0.0524. The molecule has 188 valence electrons. The summed E-state index contributed by atoms with van der Waals surface area (Å²) in [7, 11) is 4.26. The molecule has 0 atom stereocenters. The molecule has 35 heavy (non-hydrogen) atoms. The molecular formula is C24H30ClF2N7O.